The van der Waals surface area contributed by atoms with Gasteiger partial charge in [-0.3, -0.25) is 0 Å². The molecule has 1 aromatic heterocycles. The summed E-state index contributed by atoms with van der Waals surface area (Å²) >= 11 is 0. The molecule has 0 bridgehead atoms. The first-order chi connectivity index (χ1) is 26.8. The Balaban J connectivity index is 1.06. The third-order valence-electron chi connectivity index (χ3n) is 10.5. The molecule has 254 valence electrons. The van der Waals surface area contributed by atoms with Crippen molar-refractivity contribution in [3.05, 3.63) is 212 Å². The fourth-order valence-corrected chi connectivity index (χ4v) is 7.81. The van der Waals surface area contributed by atoms with E-state index in [4.69, 9.17) is 4.42 Å². The van der Waals surface area contributed by atoms with Gasteiger partial charge in [0.1, 0.15) is 11.2 Å². The van der Waals surface area contributed by atoms with Gasteiger partial charge in [-0.15, -0.1) is 0 Å². The van der Waals surface area contributed by atoms with E-state index < -0.39 is 0 Å². The van der Waals surface area contributed by atoms with Gasteiger partial charge in [0, 0.05) is 33.4 Å². The largest absolute Gasteiger partial charge is 0.455 e. The van der Waals surface area contributed by atoms with Gasteiger partial charge in [0.2, 0.25) is 0 Å². The van der Waals surface area contributed by atoms with Crippen LogP contribution in [0.4, 0.5) is 17.1 Å². The summed E-state index contributed by atoms with van der Waals surface area (Å²) < 4.78 is 6.40. The highest BCUT2D eigenvalue weighted by Crippen LogP contribution is 2.41. The molecule has 0 fully saturated rings. The highest BCUT2D eigenvalue weighted by Gasteiger charge is 2.17. The van der Waals surface area contributed by atoms with Crippen LogP contribution in [0.25, 0.3) is 77.2 Å². The number of rotatable bonds is 7. The van der Waals surface area contributed by atoms with Crippen molar-refractivity contribution in [1.82, 2.24) is 0 Å². The molecule has 0 aliphatic carbocycles. The number of hydrogen-bond donors (Lipinski definition) is 0. The summed E-state index contributed by atoms with van der Waals surface area (Å²) in [5.41, 5.74) is 14.4. The molecule has 1 heterocycles. The molecule has 10 rings (SSSR count). The Kier molecular flexibility index (Phi) is 7.85. The van der Waals surface area contributed by atoms with Crippen molar-refractivity contribution in [2.24, 2.45) is 0 Å². The minimum Gasteiger partial charge on any atom is -0.455 e. The van der Waals surface area contributed by atoms with Crippen molar-refractivity contribution in [1.29, 1.82) is 0 Å². The van der Waals surface area contributed by atoms with Gasteiger partial charge in [-0.05, 0) is 98.2 Å². The molecule has 0 amide bonds. The number of furan rings is 1. The highest BCUT2D eigenvalue weighted by molar-refractivity contribution is 6.09. The molecule has 0 N–H and O–H groups in total. The maximum absolute atomic E-state index is 6.40. The minimum atomic E-state index is 0.907. The van der Waals surface area contributed by atoms with Crippen LogP contribution in [0.5, 0.6) is 0 Å². The number of hydrogen-bond acceptors (Lipinski definition) is 2. The molecule has 9 aromatic carbocycles. The number of fused-ring (bicyclic) bond motifs is 4. The van der Waals surface area contributed by atoms with E-state index in [9.17, 15) is 0 Å². The van der Waals surface area contributed by atoms with Crippen LogP contribution in [0.15, 0.2) is 217 Å². The van der Waals surface area contributed by atoms with Crippen LogP contribution in [-0.4, -0.2) is 0 Å². The molecule has 0 aliphatic heterocycles. The van der Waals surface area contributed by atoms with E-state index in [-0.39, 0.29) is 0 Å². The van der Waals surface area contributed by atoms with Crippen LogP contribution in [0.3, 0.4) is 0 Å². The Morgan fingerprint density at radius 2 is 0.833 bits per heavy atom. The van der Waals surface area contributed by atoms with Crippen molar-refractivity contribution in [3.63, 3.8) is 0 Å². The Morgan fingerprint density at radius 1 is 0.296 bits per heavy atom. The van der Waals surface area contributed by atoms with Gasteiger partial charge in [0.15, 0.2) is 0 Å². The number of nitrogens with zero attached hydrogens (tertiary/aromatic N) is 1. The molecule has 0 unspecified atom stereocenters. The summed E-state index contributed by atoms with van der Waals surface area (Å²) in [5, 5.41) is 4.78. The van der Waals surface area contributed by atoms with Crippen LogP contribution >= 0.6 is 0 Å². The lowest BCUT2D eigenvalue weighted by Gasteiger charge is -2.26. The van der Waals surface area contributed by atoms with Crippen molar-refractivity contribution in [3.8, 4) is 44.5 Å². The van der Waals surface area contributed by atoms with Crippen LogP contribution in [0, 0.1) is 0 Å². The molecule has 0 radical (unpaired) electrons. The van der Waals surface area contributed by atoms with Gasteiger partial charge >= 0.3 is 0 Å². The summed E-state index contributed by atoms with van der Waals surface area (Å²) in [6, 6.07) is 75.9. The summed E-state index contributed by atoms with van der Waals surface area (Å²) in [5.74, 6) is 0. The standard InChI is InChI=1S/C52H35NO/c1-2-12-36(13-3-1)37-26-30-43(31-27-37)53(44-32-28-39(29-33-44)48-23-11-24-50-49-21-6-7-25-51(49)54-52(48)50)45-19-9-17-41(35-45)40-16-8-18-42(34-40)47-22-10-15-38-14-4-5-20-46(38)47/h1-35H. The van der Waals surface area contributed by atoms with Gasteiger partial charge < -0.3 is 9.32 Å². The van der Waals surface area contributed by atoms with E-state index in [1.165, 1.54) is 38.6 Å². The molecular formula is C52H35NO. The zero-order chi connectivity index (χ0) is 35.8. The fourth-order valence-electron chi connectivity index (χ4n) is 7.81. The number of anilines is 3. The van der Waals surface area contributed by atoms with Gasteiger partial charge in [0.05, 0.1) is 0 Å². The number of para-hydroxylation sites is 2. The number of benzene rings is 9. The third-order valence-corrected chi connectivity index (χ3v) is 10.5. The molecule has 2 heteroatoms. The first-order valence-corrected chi connectivity index (χ1v) is 18.4. The molecule has 0 saturated heterocycles. The molecular weight excluding hydrogens is 655 g/mol. The second-order valence-corrected chi connectivity index (χ2v) is 13.7. The van der Waals surface area contributed by atoms with Crippen molar-refractivity contribution in [2.45, 2.75) is 0 Å². The van der Waals surface area contributed by atoms with Gasteiger partial charge in [-0.25, -0.2) is 0 Å². The van der Waals surface area contributed by atoms with Crippen LogP contribution < -0.4 is 4.90 Å². The normalized spacial score (nSPS) is 11.3. The smallest absolute Gasteiger partial charge is 0.143 e. The van der Waals surface area contributed by atoms with Gasteiger partial charge in [-0.2, -0.15) is 0 Å². The SMILES string of the molecule is c1ccc(-c2ccc(N(c3ccc(-c4cccc5c4oc4ccccc45)cc3)c3cccc(-c4cccc(-c5cccc6ccccc56)c4)c3)cc2)cc1. The second-order valence-electron chi connectivity index (χ2n) is 13.7. The zero-order valence-corrected chi connectivity index (χ0v) is 29.6. The second kappa shape index (κ2) is 13.4. The maximum atomic E-state index is 6.40. The first kappa shape index (κ1) is 31.6. The monoisotopic (exact) mass is 689 g/mol. The zero-order valence-electron chi connectivity index (χ0n) is 29.6. The molecule has 0 saturated carbocycles. The fraction of sp³-hybridized carbons (Fsp3) is 0. The van der Waals surface area contributed by atoms with E-state index in [0.717, 1.165) is 55.7 Å². The van der Waals surface area contributed by atoms with Crippen molar-refractivity contribution < 1.29 is 4.42 Å². The van der Waals surface area contributed by atoms with E-state index in [1.54, 1.807) is 0 Å². The topological polar surface area (TPSA) is 16.4 Å². The van der Waals surface area contributed by atoms with E-state index in [1.807, 2.05) is 12.1 Å². The van der Waals surface area contributed by atoms with Gasteiger partial charge in [0.25, 0.3) is 0 Å². The minimum absolute atomic E-state index is 0.907. The third kappa shape index (κ3) is 5.71. The predicted octanol–water partition coefficient (Wildman–Crippen LogP) is 14.9. The summed E-state index contributed by atoms with van der Waals surface area (Å²) in [6.45, 7) is 0. The Labute approximate surface area is 314 Å². The average molecular weight is 690 g/mol. The van der Waals surface area contributed by atoms with Crippen LogP contribution in [0.2, 0.25) is 0 Å². The van der Waals surface area contributed by atoms with E-state index in [2.05, 4.69) is 205 Å². The molecule has 2 nitrogen and oxygen atoms in total. The van der Waals surface area contributed by atoms with Crippen molar-refractivity contribution >= 4 is 49.8 Å². The first-order valence-electron chi connectivity index (χ1n) is 18.4. The quantitative estimate of drug-likeness (QED) is 0.166. The Morgan fingerprint density at radius 3 is 1.65 bits per heavy atom. The lowest BCUT2D eigenvalue weighted by Crippen LogP contribution is -2.10. The summed E-state index contributed by atoms with van der Waals surface area (Å²) in [6.07, 6.45) is 0. The summed E-state index contributed by atoms with van der Waals surface area (Å²) in [4.78, 5) is 2.35. The van der Waals surface area contributed by atoms with Crippen LogP contribution in [0.1, 0.15) is 0 Å². The van der Waals surface area contributed by atoms with E-state index in [0.29, 0.717) is 0 Å². The van der Waals surface area contributed by atoms with Gasteiger partial charge in [-0.1, -0.05) is 164 Å². The predicted molar refractivity (Wildman–Crippen MR) is 228 cm³/mol. The average Bonchev–Trinajstić information content (AvgIpc) is 3.64. The molecule has 10 aromatic rings. The molecule has 0 aliphatic rings. The Bertz CT molecular complexity index is 2920. The molecule has 54 heavy (non-hydrogen) atoms. The maximum Gasteiger partial charge on any atom is 0.143 e. The lowest BCUT2D eigenvalue weighted by atomic mass is 9.95. The van der Waals surface area contributed by atoms with E-state index >= 15 is 0 Å². The molecule has 0 atom stereocenters. The summed E-state index contributed by atoms with van der Waals surface area (Å²) in [7, 11) is 0. The highest BCUT2D eigenvalue weighted by atomic mass is 16.3. The lowest BCUT2D eigenvalue weighted by molar-refractivity contribution is 0.670. The van der Waals surface area contributed by atoms with Crippen molar-refractivity contribution in [2.75, 3.05) is 4.90 Å². The molecule has 0 spiro atoms. The Hall–Kier alpha value is -7.16. The van der Waals surface area contributed by atoms with Crippen LogP contribution in [-0.2, 0) is 0 Å².